The van der Waals surface area contributed by atoms with Gasteiger partial charge in [0.1, 0.15) is 22.0 Å². The maximum absolute atomic E-state index is 13.5. The first-order valence-electron chi connectivity index (χ1n) is 11.2. The molecule has 2 aromatic heterocycles. The van der Waals surface area contributed by atoms with Crippen LogP contribution in [0.3, 0.4) is 0 Å². The third-order valence-corrected chi connectivity index (χ3v) is 7.85. The van der Waals surface area contributed by atoms with Crippen LogP contribution >= 0.6 is 0 Å². The number of aromatic hydroxyl groups is 1. The highest BCUT2D eigenvalue weighted by Gasteiger charge is 2.30. The Hall–Kier alpha value is -4.36. The zero-order valence-corrected chi connectivity index (χ0v) is 21.8. The lowest BCUT2D eigenvalue weighted by Crippen LogP contribution is -2.31. The minimum atomic E-state index is -4.37. The van der Waals surface area contributed by atoms with Crippen molar-refractivity contribution < 1.29 is 26.7 Å². The van der Waals surface area contributed by atoms with E-state index in [0.29, 0.717) is 16.8 Å². The zero-order chi connectivity index (χ0) is 27.2. The Morgan fingerprint density at radius 2 is 1.84 bits per heavy atom. The van der Waals surface area contributed by atoms with Gasteiger partial charge in [-0.1, -0.05) is 18.2 Å². The lowest BCUT2D eigenvalue weighted by atomic mass is 10.00. The number of fused-ring (bicyclic) bond motifs is 2. The van der Waals surface area contributed by atoms with E-state index in [1.165, 1.54) is 22.7 Å². The van der Waals surface area contributed by atoms with Gasteiger partial charge in [0.05, 0.1) is 24.6 Å². The van der Waals surface area contributed by atoms with Crippen LogP contribution in [-0.2, 0) is 26.5 Å². The van der Waals surface area contributed by atoms with Gasteiger partial charge in [0.15, 0.2) is 5.84 Å². The van der Waals surface area contributed by atoms with Crippen LogP contribution < -0.4 is 20.3 Å². The van der Waals surface area contributed by atoms with Gasteiger partial charge in [0.25, 0.3) is 15.6 Å². The summed E-state index contributed by atoms with van der Waals surface area (Å²) < 4.78 is 61.8. The van der Waals surface area contributed by atoms with E-state index < -0.39 is 31.4 Å². The highest BCUT2D eigenvalue weighted by Crippen LogP contribution is 2.34. The molecule has 0 unspecified atom stereocenters. The van der Waals surface area contributed by atoms with Crippen molar-refractivity contribution in [3.8, 4) is 11.5 Å². The van der Waals surface area contributed by atoms with Crippen molar-refractivity contribution in [1.29, 1.82) is 0 Å². The third-order valence-electron chi connectivity index (χ3n) is 5.93. The topological polar surface area (TPSA) is 156 Å². The Morgan fingerprint density at radius 1 is 1.11 bits per heavy atom. The van der Waals surface area contributed by atoms with Crippen molar-refractivity contribution in [3.05, 3.63) is 93.9 Å². The quantitative estimate of drug-likeness (QED) is 0.328. The number of pyridine rings is 2. The maximum atomic E-state index is 13.5. The zero-order valence-electron chi connectivity index (χ0n) is 20.2. The van der Waals surface area contributed by atoms with E-state index in [9.17, 15) is 26.7 Å². The van der Waals surface area contributed by atoms with E-state index in [2.05, 4.69) is 14.4 Å². The molecule has 11 nitrogen and oxygen atoms in total. The molecule has 0 saturated carbocycles. The molecule has 0 aliphatic carbocycles. The van der Waals surface area contributed by atoms with Crippen LogP contribution in [0.2, 0.25) is 0 Å². The highest BCUT2D eigenvalue weighted by molar-refractivity contribution is 7.92. The highest BCUT2D eigenvalue weighted by atomic mass is 32.2. The molecule has 2 aromatic carbocycles. The van der Waals surface area contributed by atoms with Gasteiger partial charge in [-0.2, -0.15) is 8.42 Å². The van der Waals surface area contributed by atoms with Gasteiger partial charge < -0.3 is 15.2 Å². The number of anilines is 2. The van der Waals surface area contributed by atoms with Gasteiger partial charge in [-0.15, -0.1) is 4.40 Å². The molecule has 1 aliphatic rings. The number of nitrogens with zero attached hydrogens (tertiary/aromatic N) is 2. The smallest absolute Gasteiger partial charge is 0.286 e. The first-order valence-corrected chi connectivity index (χ1v) is 14.5. The number of benzene rings is 2. The van der Waals surface area contributed by atoms with E-state index in [1.807, 2.05) is 12.1 Å². The lowest BCUT2D eigenvalue weighted by Gasteiger charge is -2.21. The number of nitrogens with one attached hydrogen (secondary N) is 2. The summed E-state index contributed by atoms with van der Waals surface area (Å²) in [6.07, 6.45) is 2.69. The van der Waals surface area contributed by atoms with Crippen molar-refractivity contribution in [2.24, 2.45) is 4.40 Å². The fraction of sp³-hybridized carbons (Fsp3) is 0.120. The van der Waals surface area contributed by atoms with Crippen molar-refractivity contribution in [2.45, 2.75) is 11.3 Å². The molecule has 0 amide bonds. The number of rotatable bonds is 6. The molecule has 196 valence electrons. The fourth-order valence-electron chi connectivity index (χ4n) is 4.24. The van der Waals surface area contributed by atoms with Crippen LogP contribution in [-0.4, -0.2) is 45.5 Å². The molecular formula is C25H22N4O7S2. The second kappa shape index (κ2) is 9.19. The second-order valence-corrected chi connectivity index (χ2v) is 11.9. The molecule has 5 rings (SSSR count). The lowest BCUT2D eigenvalue weighted by molar-refractivity contribution is 0.414. The van der Waals surface area contributed by atoms with Gasteiger partial charge in [0.2, 0.25) is 10.0 Å². The van der Waals surface area contributed by atoms with E-state index >= 15 is 0 Å². The number of aromatic nitrogens is 1. The van der Waals surface area contributed by atoms with Gasteiger partial charge in [-0.25, -0.2) is 8.42 Å². The molecule has 3 N–H and O–H groups in total. The van der Waals surface area contributed by atoms with Gasteiger partial charge in [-0.05, 0) is 48.0 Å². The van der Waals surface area contributed by atoms with Gasteiger partial charge in [-0.3, -0.25) is 13.9 Å². The summed E-state index contributed by atoms with van der Waals surface area (Å²) in [4.78, 5) is 13.2. The number of sulfonamides is 2. The molecule has 38 heavy (non-hydrogen) atoms. The first-order chi connectivity index (χ1) is 18.0. The SMILES string of the molecule is COc1ccc(Cc2c(O)c(C3=NS(=O)(=O)c4cc(NS(C)(=O)=O)ccc4N3)c(=O)n3ccccc23)cc1. The molecule has 0 atom stereocenters. The molecular weight excluding hydrogens is 532 g/mol. The van der Waals surface area contributed by atoms with Crippen LogP contribution in [0, 0.1) is 0 Å². The number of hydrogen-bond acceptors (Lipinski definition) is 8. The monoisotopic (exact) mass is 554 g/mol. The molecule has 0 bridgehead atoms. The molecule has 0 saturated heterocycles. The van der Waals surface area contributed by atoms with Crippen LogP contribution in [0.1, 0.15) is 16.7 Å². The molecule has 0 radical (unpaired) electrons. The molecule has 0 fully saturated rings. The molecule has 13 heteroatoms. The molecule has 0 spiro atoms. The van der Waals surface area contributed by atoms with Crippen molar-refractivity contribution >= 4 is 42.8 Å². The van der Waals surface area contributed by atoms with Crippen LogP contribution in [0.25, 0.3) is 5.52 Å². The second-order valence-electron chi connectivity index (χ2n) is 8.61. The Labute approximate surface area is 218 Å². The first kappa shape index (κ1) is 25.3. The van der Waals surface area contributed by atoms with Crippen molar-refractivity contribution in [3.63, 3.8) is 0 Å². The largest absolute Gasteiger partial charge is 0.507 e. The normalized spacial score (nSPS) is 14.3. The summed E-state index contributed by atoms with van der Waals surface area (Å²) in [5, 5.41) is 14.2. The number of amidine groups is 1. The summed E-state index contributed by atoms with van der Waals surface area (Å²) >= 11 is 0. The Balaban J connectivity index is 1.66. The van der Waals surface area contributed by atoms with Gasteiger partial charge in [0, 0.05) is 23.9 Å². The van der Waals surface area contributed by atoms with Crippen LogP contribution in [0.15, 0.2) is 80.9 Å². The van der Waals surface area contributed by atoms with E-state index in [-0.39, 0.29) is 34.1 Å². The van der Waals surface area contributed by atoms with Crippen molar-refractivity contribution in [2.75, 3.05) is 23.4 Å². The number of methoxy groups -OCH3 is 1. The summed E-state index contributed by atoms with van der Waals surface area (Å²) in [6, 6.07) is 16.1. The average Bonchev–Trinajstić information content (AvgIpc) is 2.86. The summed E-state index contributed by atoms with van der Waals surface area (Å²) in [6.45, 7) is 0. The Morgan fingerprint density at radius 3 is 2.53 bits per heavy atom. The minimum absolute atomic E-state index is 0.0330. The minimum Gasteiger partial charge on any atom is -0.507 e. The van der Waals surface area contributed by atoms with Crippen LogP contribution in [0.4, 0.5) is 11.4 Å². The molecule has 3 heterocycles. The maximum Gasteiger partial charge on any atom is 0.286 e. The van der Waals surface area contributed by atoms with Gasteiger partial charge >= 0.3 is 0 Å². The van der Waals surface area contributed by atoms with E-state index in [0.717, 1.165) is 17.9 Å². The van der Waals surface area contributed by atoms with E-state index in [4.69, 9.17) is 4.74 Å². The Kier molecular flexibility index (Phi) is 6.12. The fourth-order valence-corrected chi connectivity index (χ4v) is 5.94. The number of ether oxygens (including phenoxy) is 1. The van der Waals surface area contributed by atoms with E-state index in [1.54, 1.807) is 37.4 Å². The third kappa shape index (κ3) is 4.68. The standard InChI is InChI=1S/C25H22N4O7S2/c1-36-17-9-6-15(7-10-17)13-18-20-5-3-4-12-29(20)25(31)22(23(18)30)24-26-19-11-8-16(27-37(2,32)33)14-21(19)38(34,35)28-24/h3-12,14,27,30H,13H2,1-2H3,(H,26,28). The summed E-state index contributed by atoms with van der Waals surface area (Å²) in [5.74, 6) is -0.0948. The average molecular weight is 555 g/mol. The predicted molar refractivity (Wildman–Crippen MR) is 143 cm³/mol. The van der Waals surface area contributed by atoms with Crippen LogP contribution in [0.5, 0.6) is 11.5 Å². The number of hydrogen-bond donors (Lipinski definition) is 3. The summed E-state index contributed by atoms with van der Waals surface area (Å²) in [7, 11) is -6.46. The van der Waals surface area contributed by atoms with Crippen molar-refractivity contribution in [1.82, 2.24) is 4.40 Å². The molecule has 1 aliphatic heterocycles. The summed E-state index contributed by atoms with van der Waals surface area (Å²) in [5.41, 5.74) is 0.783. The predicted octanol–water partition coefficient (Wildman–Crippen LogP) is 2.54. The Bertz CT molecular complexity index is 1900. The molecule has 4 aromatic rings.